The Balaban J connectivity index is 2.48. The van der Waals surface area contributed by atoms with Crippen molar-refractivity contribution in [1.29, 1.82) is 0 Å². The van der Waals surface area contributed by atoms with E-state index in [0.717, 1.165) is 0 Å². The summed E-state index contributed by atoms with van der Waals surface area (Å²) in [6.45, 7) is 0. The van der Waals surface area contributed by atoms with Gasteiger partial charge in [-0.15, -0.1) is 0 Å². The van der Waals surface area contributed by atoms with Crippen LogP contribution in [0.25, 0.3) is 0 Å². The van der Waals surface area contributed by atoms with E-state index in [0.29, 0.717) is 17.2 Å². The summed E-state index contributed by atoms with van der Waals surface area (Å²) < 4.78 is 65.9. The van der Waals surface area contributed by atoms with Gasteiger partial charge in [-0.2, -0.15) is 0 Å². The number of rotatable bonds is 4. The molecular weight excluding hydrogens is 491 g/mol. The number of hydrogen-bond donors (Lipinski definition) is 0. The van der Waals surface area contributed by atoms with Gasteiger partial charge in [-0.05, 0) is 0 Å². The third-order valence-corrected chi connectivity index (χ3v) is 10.00. The molecule has 2 aromatic carbocycles. The van der Waals surface area contributed by atoms with E-state index in [-0.39, 0.29) is 0 Å². The van der Waals surface area contributed by atoms with Crippen LogP contribution in [0.4, 0.5) is 13.2 Å². The van der Waals surface area contributed by atoms with Crippen LogP contribution in [-0.4, -0.2) is 13.9 Å². The molecule has 0 amide bonds. The third-order valence-electron chi connectivity index (χ3n) is 2.43. The van der Waals surface area contributed by atoms with Crippen LogP contribution in [0.15, 0.2) is 48.5 Å². The summed E-state index contributed by atoms with van der Waals surface area (Å²) in [6, 6.07) is 11.6. The molecule has 0 heterocycles. The topological polar surface area (TPSA) is 43.4 Å². The van der Waals surface area contributed by atoms with Crippen molar-refractivity contribution in [3.63, 3.8) is 0 Å². The van der Waals surface area contributed by atoms with Gasteiger partial charge in [0.25, 0.3) is 0 Å². The van der Waals surface area contributed by atoms with Crippen molar-refractivity contribution in [2.24, 2.45) is 0 Å². The average molecular weight is 499 g/mol. The molecule has 0 aromatic heterocycles. The fraction of sp³-hybridized carbons (Fsp3) is 0.0769. The van der Waals surface area contributed by atoms with Crippen molar-refractivity contribution in [3.8, 4) is 0 Å². The Bertz CT molecular complexity index is 732. The van der Waals surface area contributed by atoms with Gasteiger partial charge in [0.05, 0.1) is 0 Å². The molecule has 0 aliphatic heterocycles. The Hall–Kier alpha value is -0.550. The molecule has 2 rings (SSSR count). The summed E-state index contributed by atoms with van der Waals surface area (Å²) in [5.74, 6) is 0. The van der Waals surface area contributed by atoms with Crippen LogP contribution in [0.3, 0.4) is 0 Å². The van der Waals surface area contributed by atoms with Crippen LogP contribution < -0.4 is 0 Å². The Kier molecular flexibility index (Phi) is 5.83. The SMILES string of the molecule is O=S(=O)(OI(c1ccc(Cl)cc1)c1ccc(Cl)cc1)C(F)(F)F. The molecular formula is C13H8Cl2F3IO3S. The predicted octanol–water partition coefficient (Wildman–Crippen LogP) is 5.32. The first kappa shape index (κ1) is 18.8. The quantitative estimate of drug-likeness (QED) is 0.423. The van der Waals surface area contributed by atoms with Crippen molar-refractivity contribution in [2.75, 3.05) is 0 Å². The van der Waals surface area contributed by atoms with E-state index in [9.17, 15) is 21.6 Å². The Labute approximate surface area is 148 Å². The summed E-state index contributed by atoms with van der Waals surface area (Å²) in [4.78, 5) is 0. The molecule has 0 saturated heterocycles. The molecule has 126 valence electrons. The molecule has 0 N–H and O–H groups in total. The minimum atomic E-state index is -5.71. The van der Waals surface area contributed by atoms with Crippen molar-refractivity contribution in [3.05, 3.63) is 65.7 Å². The van der Waals surface area contributed by atoms with Crippen LogP contribution in [0.1, 0.15) is 0 Å². The molecule has 23 heavy (non-hydrogen) atoms. The van der Waals surface area contributed by atoms with Gasteiger partial charge >= 0.3 is 149 Å². The standard InChI is InChI=1S/C13H8Cl2F3IO3S/c14-9-1-5-11(6-2-9)19(12-7-3-10(15)4-8-12)22-23(20,21)13(16,17)18/h1-8H. The maximum absolute atomic E-state index is 12.6. The van der Waals surface area contributed by atoms with Gasteiger partial charge in [-0.25, -0.2) is 0 Å². The van der Waals surface area contributed by atoms with Gasteiger partial charge < -0.3 is 0 Å². The first-order chi connectivity index (χ1) is 10.6. The van der Waals surface area contributed by atoms with E-state index in [1.54, 1.807) is 0 Å². The molecule has 0 aliphatic carbocycles. The monoisotopic (exact) mass is 498 g/mol. The molecule has 10 heteroatoms. The second kappa shape index (κ2) is 7.14. The first-order valence-corrected chi connectivity index (χ1v) is 11.0. The zero-order valence-electron chi connectivity index (χ0n) is 11.0. The normalized spacial score (nSPS) is 13.0. The Morgan fingerprint density at radius 1 is 0.826 bits per heavy atom. The molecule has 0 saturated carbocycles. The molecule has 0 fully saturated rings. The van der Waals surface area contributed by atoms with Gasteiger partial charge in [0.15, 0.2) is 0 Å². The van der Waals surface area contributed by atoms with E-state index in [1.165, 1.54) is 48.5 Å². The van der Waals surface area contributed by atoms with Crippen molar-refractivity contribution in [2.45, 2.75) is 5.51 Å². The van der Waals surface area contributed by atoms with Gasteiger partial charge in [0.1, 0.15) is 0 Å². The van der Waals surface area contributed by atoms with Crippen LogP contribution in [0.2, 0.25) is 10.0 Å². The summed E-state index contributed by atoms with van der Waals surface area (Å²) in [7, 11) is -5.71. The minimum absolute atomic E-state index is 0.355. The molecule has 3 nitrogen and oxygen atoms in total. The molecule has 0 aliphatic rings. The van der Waals surface area contributed by atoms with Gasteiger partial charge in [0, 0.05) is 0 Å². The zero-order chi connectivity index (χ0) is 17.3. The van der Waals surface area contributed by atoms with Crippen molar-refractivity contribution >= 4 is 53.6 Å². The number of halogens is 6. The third kappa shape index (κ3) is 4.72. The Morgan fingerprint density at radius 2 is 1.17 bits per heavy atom. The maximum atomic E-state index is 12.6. The Morgan fingerprint density at radius 3 is 1.48 bits per heavy atom. The van der Waals surface area contributed by atoms with Crippen molar-refractivity contribution in [1.82, 2.24) is 0 Å². The van der Waals surface area contributed by atoms with Crippen molar-refractivity contribution < 1.29 is 24.1 Å². The van der Waals surface area contributed by atoms with Gasteiger partial charge in [0.2, 0.25) is 0 Å². The van der Waals surface area contributed by atoms with Gasteiger partial charge in [-0.3, -0.25) is 0 Å². The van der Waals surface area contributed by atoms with Crippen LogP contribution >= 0.6 is 43.4 Å². The van der Waals surface area contributed by atoms with E-state index >= 15 is 0 Å². The van der Waals surface area contributed by atoms with E-state index in [1.807, 2.05) is 0 Å². The van der Waals surface area contributed by atoms with Crippen LogP contribution in [-0.2, 0) is 12.6 Å². The molecule has 0 unspecified atom stereocenters. The van der Waals surface area contributed by atoms with Crippen LogP contribution in [0, 0.1) is 7.14 Å². The molecule has 0 radical (unpaired) electrons. The second-order valence-electron chi connectivity index (χ2n) is 4.08. The van der Waals surface area contributed by atoms with E-state index < -0.39 is 35.9 Å². The molecule has 0 bridgehead atoms. The fourth-order valence-electron chi connectivity index (χ4n) is 1.41. The summed E-state index contributed by atoms with van der Waals surface area (Å²) in [6.07, 6.45) is 0. The number of hydrogen-bond acceptors (Lipinski definition) is 3. The van der Waals surface area contributed by atoms with Crippen LogP contribution in [0.5, 0.6) is 0 Å². The first-order valence-electron chi connectivity index (χ1n) is 5.82. The fourth-order valence-corrected chi connectivity index (χ4v) is 8.06. The molecule has 2 aromatic rings. The number of alkyl halides is 3. The van der Waals surface area contributed by atoms with E-state index in [2.05, 4.69) is 2.51 Å². The summed E-state index contributed by atoms with van der Waals surface area (Å²) in [5, 5.41) is 0.749. The molecule has 0 atom stereocenters. The average Bonchev–Trinajstić information content (AvgIpc) is 2.46. The predicted molar refractivity (Wildman–Crippen MR) is 90.4 cm³/mol. The summed E-state index contributed by atoms with van der Waals surface area (Å²) in [5.41, 5.74) is -5.48. The zero-order valence-corrected chi connectivity index (χ0v) is 15.5. The summed E-state index contributed by atoms with van der Waals surface area (Å²) >= 11 is 8.14. The molecule has 0 spiro atoms. The van der Waals surface area contributed by atoms with Gasteiger partial charge in [-0.1, -0.05) is 0 Å². The number of benzene rings is 2. The van der Waals surface area contributed by atoms with E-state index in [4.69, 9.17) is 23.2 Å². The second-order valence-corrected chi connectivity index (χ2v) is 11.4.